The minimum atomic E-state index is -0.445. The Hall–Kier alpha value is -1.35. The zero-order valence-electron chi connectivity index (χ0n) is 10.2. The van der Waals surface area contributed by atoms with Crippen molar-refractivity contribution in [2.24, 2.45) is 5.73 Å². The molecular formula is C13H20N2O. The van der Waals surface area contributed by atoms with E-state index in [1.165, 1.54) is 11.1 Å². The zero-order chi connectivity index (χ0) is 12.1. The van der Waals surface area contributed by atoms with Gasteiger partial charge in [0, 0.05) is 6.04 Å². The second-order valence-electron chi connectivity index (χ2n) is 4.33. The monoisotopic (exact) mass is 220 g/mol. The summed E-state index contributed by atoms with van der Waals surface area (Å²) in [5, 5.41) is 2.89. The fourth-order valence-electron chi connectivity index (χ4n) is 1.59. The van der Waals surface area contributed by atoms with Crippen LogP contribution in [0.4, 0.5) is 0 Å². The molecule has 0 fully saturated rings. The Morgan fingerprint density at radius 3 is 2.56 bits per heavy atom. The van der Waals surface area contributed by atoms with E-state index in [0.717, 1.165) is 6.42 Å². The summed E-state index contributed by atoms with van der Waals surface area (Å²) in [6.45, 7) is 5.76. The van der Waals surface area contributed by atoms with Crippen LogP contribution in [0.3, 0.4) is 0 Å². The van der Waals surface area contributed by atoms with E-state index in [0.29, 0.717) is 0 Å². The van der Waals surface area contributed by atoms with Crippen LogP contribution < -0.4 is 11.1 Å². The number of benzene rings is 1. The zero-order valence-corrected chi connectivity index (χ0v) is 10.2. The third kappa shape index (κ3) is 3.66. The fraction of sp³-hybridized carbons (Fsp3) is 0.462. The third-order valence-corrected chi connectivity index (χ3v) is 2.59. The molecular weight excluding hydrogens is 200 g/mol. The molecule has 3 nitrogen and oxygen atoms in total. The van der Waals surface area contributed by atoms with Gasteiger partial charge in [-0.3, -0.25) is 4.79 Å². The molecule has 3 heteroatoms. The van der Waals surface area contributed by atoms with Crippen molar-refractivity contribution in [2.75, 3.05) is 0 Å². The Bertz CT molecular complexity index is 361. The number of carbonyl (C=O) groups is 1. The number of nitrogens with one attached hydrogen (secondary N) is 1. The molecule has 0 saturated heterocycles. The van der Waals surface area contributed by atoms with Crippen LogP contribution in [0.25, 0.3) is 0 Å². The van der Waals surface area contributed by atoms with Crippen LogP contribution in [0.5, 0.6) is 0 Å². The van der Waals surface area contributed by atoms with Gasteiger partial charge in [0.2, 0.25) is 5.91 Å². The van der Waals surface area contributed by atoms with E-state index >= 15 is 0 Å². The molecule has 1 aromatic carbocycles. The Labute approximate surface area is 97.0 Å². The van der Waals surface area contributed by atoms with Crippen LogP contribution in [-0.2, 0) is 11.2 Å². The van der Waals surface area contributed by atoms with Crippen molar-refractivity contribution in [1.82, 2.24) is 5.32 Å². The van der Waals surface area contributed by atoms with E-state index in [9.17, 15) is 4.79 Å². The molecule has 0 aliphatic rings. The predicted octanol–water partition coefficient (Wildman–Crippen LogP) is 1.39. The van der Waals surface area contributed by atoms with Crippen LogP contribution in [-0.4, -0.2) is 18.0 Å². The van der Waals surface area contributed by atoms with Crippen LogP contribution in [0.2, 0.25) is 0 Å². The van der Waals surface area contributed by atoms with Gasteiger partial charge < -0.3 is 11.1 Å². The lowest BCUT2D eigenvalue weighted by Gasteiger charge is -2.16. The first-order chi connectivity index (χ1) is 7.50. The molecule has 1 aromatic rings. The van der Waals surface area contributed by atoms with Crippen LogP contribution in [0.1, 0.15) is 25.0 Å². The maximum atomic E-state index is 11.4. The molecule has 0 spiro atoms. The van der Waals surface area contributed by atoms with Gasteiger partial charge in [-0.2, -0.15) is 0 Å². The first-order valence-corrected chi connectivity index (χ1v) is 5.61. The second-order valence-corrected chi connectivity index (χ2v) is 4.33. The maximum absolute atomic E-state index is 11.4. The van der Waals surface area contributed by atoms with Gasteiger partial charge in [0.25, 0.3) is 0 Å². The summed E-state index contributed by atoms with van der Waals surface area (Å²) >= 11 is 0. The maximum Gasteiger partial charge on any atom is 0.236 e. The molecule has 0 aliphatic carbocycles. The smallest absolute Gasteiger partial charge is 0.236 e. The van der Waals surface area contributed by atoms with Gasteiger partial charge in [0.1, 0.15) is 0 Å². The molecule has 0 aromatic heterocycles. The molecule has 88 valence electrons. The van der Waals surface area contributed by atoms with E-state index in [4.69, 9.17) is 5.73 Å². The largest absolute Gasteiger partial charge is 0.352 e. The van der Waals surface area contributed by atoms with Crippen LogP contribution >= 0.6 is 0 Å². The molecule has 16 heavy (non-hydrogen) atoms. The number of rotatable bonds is 4. The molecule has 3 N–H and O–H groups in total. The quantitative estimate of drug-likeness (QED) is 0.805. The van der Waals surface area contributed by atoms with E-state index in [1.54, 1.807) is 6.92 Å². The van der Waals surface area contributed by atoms with Gasteiger partial charge in [-0.25, -0.2) is 0 Å². The molecule has 0 heterocycles. The van der Waals surface area contributed by atoms with Crippen molar-refractivity contribution in [3.63, 3.8) is 0 Å². The minimum Gasteiger partial charge on any atom is -0.352 e. The Balaban J connectivity index is 2.55. The van der Waals surface area contributed by atoms with E-state index in [1.807, 2.05) is 19.1 Å². The van der Waals surface area contributed by atoms with Crippen molar-refractivity contribution in [3.05, 3.63) is 35.4 Å². The summed E-state index contributed by atoms with van der Waals surface area (Å²) in [6, 6.07) is 7.87. The van der Waals surface area contributed by atoms with E-state index in [2.05, 4.69) is 24.4 Å². The van der Waals surface area contributed by atoms with Gasteiger partial charge in [-0.05, 0) is 38.3 Å². The molecule has 1 amide bonds. The van der Waals surface area contributed by atoms with Gasteiger partial charge in [0.15, 0.2) is 0 Å². The SMILES string of the molecule is Cc1ccccc1CC(C)NC(=O)[C@H](C)N. The lowest BCUT2D eigenvalue weighted by atomic mass is 10.0. The standard InChI is InChI=1S/C13H20N2O/c1-9-6-4-5-7-12(9)8-10(2)15-13(16)11(3)14/h4-7,10-11H,8,14H2,1-3H3,(H,15,16)/t10?,11-/m0/s1. The Morgan fingerprint density at radius 2 is 2.00 bits per heavy atom. The van der Waals surface area contributed by atoms with Crippen molar-refractivity contribution >= 4 is 5.91 Å². The number of hydrogen-bond donors (Lipinski definition) is 2. The minimum absolute atomic E-state index is 0.0962. The first-order valence-electron chi connectivity index (χ1n) is 5.61. The average Bonchev–Trinajstić information content (AvgIpc) is 2.21. The van der Waals surface area contributed by atoms with Gasteiger partial charge >= 0.3 is 0 Å². The Morgan fingerprint density at radius 1 is 1.38 bits per heavy atom. The molecule has 0 saturated carbocycles. The number of carbonyl (C=O) groups excluding carboxylic acids is 1. The lowest BCUT2D eigenvalue weighted by molar-refractivity contribution is -0.122. The Kier molecular flexibility index (Phi) is 4.50. The highest BCUT2D eigenvalue weighted by Gasteiger charge is 2.11. The molecule has 2 atom stereocenters. The summed E-state index contributed by atoms with van der Waals surface area (Å²) in [6.07, 6.45) is 0.838. The van der Waals surface area contributed by atoms with Gasteiger partial charge in [-0.15, -0.1) is 0 Å². The highest BCUT2D eigenvalue weighted by atomic mass is 16.2. The average molecular weight is 220 g/mol. The van der Waals surface area contributed by atoms with Gasteiger partial charge in [-0.1, -0.05) is 24.3 Å². The molecule has 1 rings (SSSR count). The van der Waals surface area contributed by atoms with Crippen LogP contribution in [0, 0.1) is 6.92 Å². The fourth-order valence-corrected chi connectivity index (χ4v) is 1.59. The molecule has 0 radical (unpaired) electrons. The van der Waals surface area contributed by atoms with Crippen molar-refractivity contribution < 1.29 is 4.79 Å². The second kappa shape index (κ2) is 5.66. The van der Waals surface area contributed by atoms with Gasteiger partial charge in [0.05, 0.1) is 6.04 Å². The summed E-state index contributed by atoms with van der Waals surface area (Å²) in [5.41, 5.74) is 8.01. The summed E-state index contributed by atoms with van der Waals surface area (Å²) in [4.78, 5) is 11.4. The number of nitrogens with two attached hydrogens (primary N) is 1. The third-order valence-electron chi connectivity index (χ3n) is 2.59. The number of hydrogen-bond acceptors (Lipinski definition) is 2. The normalized spacial score (nSPS) is 14.2. The number of amides is 1. The molecule has 1 unspecified atom stereocenters. The topological polar surface area (TPSA) is 55.1 Å². The molecule has 0 aliphatic heterocycles. The van der Waals surface area contributed by atoms with Crippen molar-refractivity contribution in [3.8, 4) is 0 Å². The highest BCUT2D eigenvalue weighted by molar-refractivity contribution is 5.81. The van der Waals surface area contributed by atoms with E-state index < -0.39 is 6.04 Å². The van der Waals surface area contributed by atoms with Crippen molar-refractivity contribution in [2.45, 2.75) is 39.3 Å². The molecule has 0 bridgehead atoms. The van der Waals surface area contributed by atoms with Crippen LogP contribution in [0.15, 0.2) is 24.3 Å². The highest BCUT2D eigenvalue weighted by Crippen LogP contribution is 2.09. The summed E-state index contributed by atoms with van der Waals surface area (Å²) < 4.78 is 0. The summed E-state index contributed by atoms with van der Waals surface area (Å²) in [7, 11) is 0. The lowest BCUT2D eigenvalue weighted by Crippen LogP contribution is -2.43. The van der Waals surface area contributed by atoms with E-state index in [-0.39, 0.29) is 11.9 Å². The summed E-state index contributed by atoms with van der Waals surface area (Å²) in [5.74, 6) is -0.0962. The number of aryl methyl sites for hydroxylation is 1. The predicted molar refractivity (Wildman–Crippen MR) is 66.1 cm³/mol. The first kappa shape index (κ1) is 12.7. The van der Waals surface area contributed by atoms with Crippen molar-refractivity contribution in [1.29, 1.82) is 0 Å².